The molecule has 2 atom stereocenters. The largest absolute Gasteiger partial charge is 0.372 e. The van der Waals surface area contributed by atoms with Crippen LogP contribution in [0.25, 0.3) is 0 Å². The average molecular weight is 123 g/mol. The van der Waals surface area contributed by atoms with Crippen LogP contribution in [0.1, 0.15) is 19.8 Å². The van der Waals surface area contributed by atoms with E-state index in [1.807, 2.05) is 0 Å². The van der Waals surface area contributed by atoms with Crippen LogP contribution >= 0.6 is 0 Å². The van der Waals surface area contributed by atoms with Crippen molar-refractivity contribution in [3.8, 4) is 0 Å². The smallest absolute Gasteiger partial charge is 0.0319 e. The van der Waals surface area contributed by atoms with Gasteiger partial charge in [0.1, 0.15) is 0 Å². The van der Waals surface area contributed by atoms with E-state index in [1.165, 1.54) is 25.1 Å². The van der Waals surface area contributed by atoms with Gasteiger partial charge in [0.2, 0.25) is 0 Å². The molecule has 50 valence electrons. The van der Waals surface area contributed by atoms with Crippen LogP contribution in [-0.2, 0) is 0 Å². The summed E-state index contributed by atoms with van der Waals surface area (Å²) in [5.74, 6) is 1.04. The van der Waals surface area contributed by atoms with E-state index in [-0.39, 0.29) is 0 Å². The van der Waals surface area contributed by atoms with Gasteiger partial charge in [-0.25, -0.2) is 0 Å². The minimum atomic E-state index is 0.905. The quantitative estimate of drug-likeness (QED) is 0.512. The zero-order valence-electron chi connectivity index (χ0n) is 5.93. The van der Waals surface area contributed by atoms with Crippen molar-refractivity contribution >= 4 is 0 Å². The van der Waals surface area contributed by atoms with E-state index >= 15 is 0 Å². The van der Waals surface area contributed by atoms with Crippen molar-refractivity contribution in [1.29, 1.82) is 0 Å². The van der Waals surface area contributed by atoms with Gasteiger partial charge in [0.15, 0.2) is 0 Å². The first-order chi connectivity index (χ1) is 4.29. The normalized spacial score (nSPS) is 38.6. The Morgan fingerprint density at radius 1 is 1.67 bits per heavy atom. The first-order valence-corrected chi connectivity index (χ1v) is 3.71. The Morgan fingerprint density at radius 2 is 2.44 bits per heavy atom. The van der Waals surface area contributed by atoms with Crippen molar-refractivity contribution < 1.29 is 0 Å². The maximum atomic E-state index is 3.94. The second kappa shape index (κ2) is 1.53. The molecule has 1 saturated heterocycles. The average Bonchev–Trinajstić information content (AvgIpc) is 2.43. The summed E-state index contributed by atoms with van der Waals surface area (Å²) >= 11 is 0. The Bertz CT molecular complexity index is 151. The summed E-state index contributed by atoms with van der Waals surface area (Å²) in [6.07, 6.45) is 2.85. The van der Waals surface area contributed by atoms with Crippen LogP contribution < -0.4 is 0 Å². The molecular formula is C8H13N. The predicted molar refractivity (Wildman–Crippen MR) is 38.0 cm³/mol. The van der Waals surface area contributed by atoms with Crippen LogP contribution in [0.15, 0.2) is 12.3 Å². The maximum absolute atomic E-state index is 3.94. The first-order valence-electron chi connectivity index (χ1n) is 3.71. The summed E-state index contributed by atoms with van der Waals surface area (Å²) < 4.78 is 0. The van der Waals surface area contributed by atoms with Crippen LogP contribution in [0.3, 0.4) is 0 Å². The summed E-state index contributed by atoms with van der Waals surface area (Å²) in [5.41, 5.74) is 1.26. The number of rotatable bonds is 1. The molecule has 9 heavy (non-hydrogen) atoms. The van der Waals surface area contributed by atoms with Gasteiger partial charge in [0, 0.05) is 18.3 Å². The SMILES string of the molecule is C=C(C)N1CCC2CC21. The molecule has 1 nitrogen and oxygen atoms in total. The van der Waals surface area contributed by atoms with Crippen LogP contribution in [0.4, 0.5) is 0 Å². The fourth-order valence-electron chi connectivity index (χ4n) is 1.87. The van der Waals surface area contributed by atoms with E-state index in [2.05, 4.69) is 18.4 Å². The van der Waals surface area contributed by atoms with Gasteiger partial charge in [-0.3, -0.25) is 0 Å². The van der Waals surface area contributed by atoms with Crippen LogP contribution in [-0.4, -0.2) is 17.5 Å². The fourth-order valence-corrected chi connectivity index (χ4v) is 1.87. The van der Waals surface area contributed by atoms with E-state index in [4.69, 9.17) is 0 Å². The lowest BCUT2D eigenvalue weighted by atomic mass is 10.3. The molecule has 2 fully saturated rings. The number of allylic oxidation sites excluding steroid dienone is 1. The molecule has 0 aromatic rings. The molecule has 1 aliphatic carbocycles. The van der Waals surface area contributed by atoms with E-state index in [0.29, 0.717) is 0 Å². The van der Waals surface area contributed by atoms with Crippen molar-refractivity contribution in [3.63, 3.8) is 0 Å². The summed E-state index contributed by atoms with van der Waals surface area (Å²) in [4.78, 5) is 2.45. The highest BCUT2D eigenvalue weighted by atomic mass is 15.2. The van der Waals surface area contributed by atoms with Gasteiger partial charge in [0.25, 0.3) is 0 Å². The molecule has 0 bridgehead atoms. The Morgan fingerprint density at radius 3 is 2.67 bits per heavy atom. The van der Waals surface area contributed by atoms with E-state index in [1.54, 1.807) is 0 Å². The number of hydrogen-bond acceptors (Lipinski definition) is 1. The Labute approximate surface area is 56.4 Å². The Kier molecular flexibility index (Phi) is 0.904. The molecule has 1 saturated carbocycles. The lowest BCUT2D eigenvalue weighted by molar-refractivity contribution is 0.381. The van der Waals surface area contributed by atoms with Gasteiger partial charge in [-0.15, -0.1) is 0 Å². The molecule has 0 N–H and O–H groups in total. The standard InChI is InChI=1S/C8H13N/c1-6(2)9-4-3-7-5-8(7)9/h7-8H,1,3-5H2,2H3. The number of piperidine rings is 1. The summed E-state index contributed by atoms with van der Waals surface area (Å²) in [6, 6.07) is 0.905. The molecule has 0 aromatic heterocycles. The van der Waals surface area contributed by atoms with Crippen molar-refractivity contribution in [2.24, 2.45) is 5.92 Å². The molecule has 0 spiro atoms. The molecule has 0 amide bonds. The van der Waals surface area contributed by atoms with Gasteiger partial charge < -0.3 is 4.90 Å². The van der Waals surface area contributed by atoms with Crippen LogP contribution in [0.2, 0.25) is 0 Å². The molecule has 2 unspecified atom stereocenters. The summed E-state index contributed by atoms with van der Waals surface area (Å²) in [5, 5.41) is 0. The zero-order chi connectivity index (χ0) is 6.43. The van der Waals surface area contributed by atoms with E-state index in [0.717, 1.165) is 12.0 Å². The van der Waals surface area contributed by atoms with Gasteiger partial charge in [-0.2, -0.15) is 0 Å². The molecule has 2 aliphatic rings. The highest BCUT2D eigenvalue weighted by Gasteiger charge is 2.46. The zero-order valence-corrected chi connectivity index (χ0v) is 5.93. The highest BCUT2D eigenvalue weighted by molar-refractivity contribution is 5.08. The van der Waals surface area contributed by atoms with Gasteiger partial charge in [-0.1, -0.05) is 6.58 Å². The summed E-state index contributed by atoms with van der Waals surface area (Å²) in [7, 11) is 0. The van der Waals surface area contributed by atoms with Crippen molar-refractivity contribution in [1.82, 2.24) is 4.90 Å². The second-order valence-corrected chi connectivity index (χ2v) is 3.28. The predicted octanol–water partition coefficient (Wildman–Crippen LogP) is 1.61. The number of hydrogen-bond donors (Lipinski definition) is 0. The lowest BCUT2D eigenvalue weighted by Crippen LogP contribution is -2.19. The Hall–Kier alpha value is -0.460. The fraction of sp³-hybridized carbons (Fsp3) is 0.750. The lowest BCUT2D eigenvalue weighted by Gasteiger charge is -2.19. The minimum absolute atomic E-state index is 0.905. The molecule has 0 radical (unpaired) electrons. The Balaban J connectivity index is 2.06. The maximum Gasteiger partial charge on any atom is 0.0319 e. The topological polar surface area (TPSA) is 3.24 Å². The van der Waals surface area contributed by atoms with Crippen LogP contribution in [0.5, 0.6) is 0 Å². The monoisotopic (exact) mass is 123 g/mol. The number of likely N-dealkylation sites (tertiary alicyclic amines) is 1. The van der Waals surface area contributed by atoms with Crippen molar-refractivity contribution in [2.45, 2.75) is 25.8 Å². The molecular weight excluding hydrogens is 110 g/mol. The van der Waals surface area contributed by atoms with E-state index in [9.17, 15) is 0 Å². The molecule has 2 rings (SSSR count). The third kappa shape index (κ3) is 0.673. The van der Waals surface area contributed by atoms with E-state index < -0.39 is 0 Å². The van der Waals surface area contributed by atoms with Gasteiger partial charge >= 0.3 is 0 Å². The summed E-state index contributed by atoms with van der Waals surface area (Å²) in [6.45, 7) is 7.32. The van der Waals surface area contributed by atoms with Gasteiger partial charge in [0.05, 0.1) is 0 Å². The molecule has 1 aliphatic heterocycles. The third-order valence-electron chi connectivity index (χ3n) is 2.52. The third-order valence-corrected chi connectivity index (χ3v) is 2.52. The molecule has 1 heteroatoms. The van der Waals surface area contributed by atoms with Crippen LogP contribution in [0, 0.1) is 5.92 Å². The number of nitrogens with zero attached hydrogens (tertiary/aromatic N) is 1. The second-order valence-electron chi connectivity index (χ2n) is 3.28. The van der Waals surface area contributed by atoms with Crippen molar-refractivity contribution in [2.75, 3.05) is 6.54 Å². The van der Waals surface area contributed by atoms with Gasteiger partial charge in [-0.05, 0) is 25.7 Å². The highest BCUT2D eigenvalue weighted by Crippen LogP contribution is 2.45. The molecule has 1 heterocycles. The number of fused-ring (bicyclic) bond motifs is 1. The first kappa shape index (κ1) is 5.33. The molecule has 0 aromatic carbocycles. The minimum Gasteiger partial charge on any atom is -0.372 e. The van der Waals surface area contributed by atoms with Crippen molar-refractivity contribution in [3.05, 3.63) is 12.3 Å².